The Balaban J connectivity index is 2.28. The zero-order valence-electron chi connectivity index (χ0n) is 8.66. The molecule has 0 saturated heterocycles. The maximum atomic E-state index is 5.93. The summed E-state index contributed by atoms with van der Waals surface area (Å²) >= 11 is 5.93. The summed E-state index contributed by atoms with van der Waals surface area (Å²) in [6.07, 6.45) is 1.01. The Morgan fingerprint density at radius 1 is 1.29 bits per heavy atom. The molecule has 78 valence electrons. The lowest BCUT2D eigenvalue weighted by atomic mass is 10.3. The lowest BCUT2D eigenvalue weighted by Gasteiger charge is -2.10. The normalized spacial score (nSPS) is 10.6. The second kappa shape index (κ2) is 5.89. The van der Waals surface area contributed by atoms with Gasteiger partial charge in [-0.15, -0.1) is 0 Å². The molecular weight excluding hydrogens is 198 g/mol. The van der Waals surface area contributed by atoms with Gasteiger partial charge in [-0.05, 0) is 32.6 Å². The third kappa shape index (κ3) is 3.99. The molecule has 0 N–H and O–H groups in total. The Morgan fingerprint density at radius 3 is 2.64 bits per heavy atom. The first-order valence-electron chi connectivity index (χ1n) is 4.72. The molecule has 0 atom stereocenters. The summed E-state index contributed by atoms with van der Waals surface area (Å²) < 4.78 is 5.53. The van der Waals surface area contributed by atoms with Crippen LogP contribution in [0.15, 0.2) is 24.3 Å². The number of nitrogens with zero attached hydrogens (tertiary/aromatic N) is 1. The van der Waals surface area contributed by atoms with E-state index in [-0.39, 0.29) is 0 Å². The molecular formula is C11H16ClNO. The minimum atomic E-state index is 0.678. The molecule has 1 aromatic carbocycles. The van der Waals surface area contributed by atoms with Crippen LogP contribution in [0.3, 0.4) is 0 Å². The Bertz CT molecular complexity index is 276. The summed E-state index contributed by atoms with van der Waals surface area (Å²) in [5.74, 6) is 0.771. The van der Waals surface area contributed by atoms with Gasteiger partial charge < -0.3 is 9.64 Å². The SMILES string of the molecule is CN(C)CCCOc1ccccc1Cl. The number of para-hydroxylation sites is 1. The van der Waals surface area contributed by atoms with Crippen molar-refractivity contribution in [3.8, 4) is 5.75 Å². The lowest BCUT2D eigenvalue weighted by Crippen LogP contribution is -2.15. The van der Waals surface area contributed by atoms with Gasteiger partial charge in [0.15, 0.2) is 0 Å². The fraction of sp³-hybridized carbons (Fsp3) is 0.455. The van der Waals surface area contributed by atoms with Crippen molar-refractivity contribution >= 4 is 11.6 Å². The van der Waals surface area contributed by atoms with Crippen molar-refractivity contribution < 1.29 is 4.74 Å². The number of hydrogen-bond donors (Lipinski definition) is 0. The highest BCUT2D eigenvalue weighted by atomic mass is 35.5. The summed E-state index contributed by atoms with van der Waals surface area (Å²) in [5, 5.41) is 0.678. The molecule has 1 rings (SSSR count). The molecule has 0 radical (unpaired) electrons. The number of hydrogen-bond acceptors (Lipinski definition) is 2. The van der Waals surface area contributed by atoms with E-state index in [1.54, 1.807) is 0 Å². The van der Waals surface area contributed by atoms with Gasteiger partial charge in [0.05, 0.1) is 11.6 Å². The highest BCUT2D eigenvalue weighted by Crippen LogP contribution is 2.22. The first kappa shape index (κ1) is 11.3. The second-order valence-electron chi connectivity index (χ2n) is 3.44. The van der Waals surface area contributed by atoms with Crippen LogP contribution in [-0.2, 0) is 0 Å². The van der Waals surface area contributed by atoms with Gasteiger partial charge in [0.1, 0.15) is 5.75 Å². The topological polar surface area (TPSA) is 12.5 Å². The molecule has 0 heterocycles. The molecule has 0 aromatic heterocycles. The first-order valence-corrected chi connectivity index (χ1v) is 5.10. The molecule has 0 bridgehead atoms. The standard InChI is InChI=1S/C11H16ClNO/c1-13(2)8-5-9-14-11-7-4-3-6-10(11)12/h3-4,6-7H,5,8-9H2,1-2H3. The molecule has 0 unspecified atom stereocenters. The van der Waals surface area contributed by atoms with E-state index in [9.17, 15) is 0 Å². The molecule has 14 heavy (non-hydrogen) atoms. The van der Waals surface area contributed by atoms with Crippen LogP contribution < -0.4 is 4.74 Å². The fourth-order valence-corrected chi connectivity index (χ4v) is 1.31. The van der Waals surface area contributed by atoms with E-state index in [1.165, 1.54) is 0 Å². The Labute approximate surface area is 90.4 Å². The van der Waals surface area contributed by atoms with Crippen LogP contribution in [0, 0.1) is 0 Å². The smallest absolute Gasteiger partial charge is 0.137 e. The highest BCUT2D eigenvalue weighted by Gasteiger charge is 1.98. The van der Waals surface area contributed by atoms with Crippen molar-refractivity contribution in [2.24, 2.45) is 0 Å². The van der Waals surface area contributed by atoms with Gasteiger partial charge >= 0.3 is 0 Å². The zero-order valence-corrected chi connectivity index (χ0v) is 9.42. The zero-order chi connectivity index (χ0) is 10.4. The van der Waals surface area contributed by atoms with Crippen molar-refractivity contribution in [3.05, 3.63) is 29.3 Å². The van der Waals surface area contributed by atoms with E-state index in [1.807, 2.05) is 24.3 Å². The van der Waals surface area contributed by atoms with Crippen molar-refractivity contribution in [1.29, 1.82) is 0 Å². The Kier molecular flexibility index (Phi) is 4.77. The van der Waals surface area contributed by atoms with Gasteiger partial charge in [-0.3, -0.25) is 0 Å². The quantitative estimate of drug-likeness (QED) is 0.698. The molecule has 1 aromatic rings. The number of halogens is 1. The van der Waals surface area contributed by atoms with Gasteiger partial charge in [0, 0.05) is 6.54 Å². The number of ether oxygens (including phenoxy) is 1. The van der Waals surface area contributed by atoms with Crippen LogP contribution in [0.4, 0.5) is 0 Å². The fourth-order valence-electron chi connectivity index (χ4n) is 1.12. The van der Waals surface area contributed by atoms with E-state index in [0.29, 0.717) is 11.6 Å². The predicted molar refractivity (Wildman–Crippen MR) is 60.1 cm³/mol. The Hall–Kier alpha value is -0.730. The maximum Gasteiger partial charge on any atom is 0.137 e. The van der Waals surface area contributed by atoms with Crippen molar-refractivity contribution in [2.45, 2.75) is 6.42 Å². The molecule has 0 amide bonds. The lowest BCUT2D eigenvalue weighted by molar-refractivity contribution is 0.282. The molecule has 0 saturated carbocycles. The Morgan fingerprint density at radius 2 is 2.00 bits per heavy atom. The molecule has 0 spiro atoms. The van der Waals surface area contributed by atoms with E-state index >= 15 is 0 Å². The van der Waals surface area contributed by atoms with Crippen LogP contribution in [0.2, 0.25) is 5.02 Å². The summed E-state index contributed by atoms with van der Waals surface area (Å²) in [4.78, 5) is 2.13. The summed E-state index contributed by atoms with van der Waals surface area (Å²) in [5.41, 5.74) is 0. The first-order chi connectivity index (χ1) is 6.70. The van der Waals surface area contributed by atoms with Gasteiger partial charge in [0.2, 0.25) is 0 Å². The summed E-state index contributed by atoms with van der Waals surface area (Å²) in [7, 11) is 4.10. The van der Waals surface area contributed by atoms with E-state index in [2.05, 4.69) is 19.0 Å². The molecule has 0 aliphatic heterocycles. The average molecular weight is 214 g/mol. The largest absolute Gasteiger partial charge is 0.492 e. The van der Waals surface area contributed by atoms with Crippen LogP contribution >= 0.6 is 11.6 Å². The minimum Gasteiger partial charge on any atom is -0.492 e. The number of rotatable bonds is 5. The van der Waals surface area contributed by atoms with Crippen LogP contribution in [0.1, 0.15) is 6.42 Å². The van der Waals surface area contributed by atoms with Gasteiger partial charge in [-0.25, -0.2) is 0 Å². The molecule has 0 aliphatic rings. The number of benzene rings is 1. The van der Waals surface area contributed by atoms with E-state index in [4.69, 9.17) is 16.3 Å². The molecule has 0 aliphatic carbocycles. The second-order valence-corrected chi connectivity index (χ2v) is 3.84. The highest BCUT2D eigenvalue weighted by molar-refractivity contribution is 6.32. The monoisotopic (exact) mass is 213 g/mol. The summed E-state index contributed by atoms with van der Waals surface area (Å²) in [6, 6.07) is 7.54. The van der Waals surface area contributed by atoms with Gasteiger partial charge in [-0.1, -0.05) is 23.7 Å². The van der Waals surface area contributed by atoms with Gasteiger partial charge in [-0.2, -0.15) is 0 Å². The van der Waals surface area contributed by atoms with Crippen LogP contribution in [0.5, 0.6) is 5.75 Å². The van der Waals surface area contributed by atoms with Crippen molar-refractivity contribution in [3.63, 3.8) is 0 Å². The van der Waals surface area contributed by atoms with Gasteiger partial charge in [0.25, 0.3) is 0 Å². The van der Waals surface area contributed by atoms with Crippen molar-refractivity contribution in [2.75, 3.05) is 27.2 Å². The maximum absolute atomic E-state index is 5.93. The van der Waals surface area contributed by atoms with Crippen LogP contribution in [-0.4, -0.2) is 32.1 Å². The van der Waals surface area contributed by atoms with Crippen LogP contribution in [0.25, 0.3) is 0 Å². The average Bonchev–Trinajstić information content (AvgIpc) is 2.15. The predicted octanol–water partition coefficient (Wildman–Crippen LogP) is 2.67. The third-order valence-electron chi connectivity index (χ3n) is 1.84. The summed E-state index contributed by atoms with van der Waals surface area (Å²) in [6.45, 7) is 1.74. The van der Waals surface area contributed by atoms with Crippen molar-refractivity contribution in [1.82, 2.24) is 4.90 Å². The third-order valence-corrected chi connectivity index (χ3v) is 2.16. The molecule has 2 nitrogen and oxygen atoms in total. The minimum absolute atomic E-state index is 0.678. The molecule has 3 heteroatoms. The van der Waals surface area contributed by atoms with E-state index in [0.717, 1.165) is 18.7 Å². The molecule has 0 fully saturated rings. The van der Waals surface area contributed by atoms with E-state index < -0.39 is 0 Å².